The summed E-state index contributed by atoms with van der Waals surface area (Å²) < 4.78 is 16.9. The van der Waals surface area contributed by atoms with E-state index >= 15 is 0 Å². The van der Waals surface area contributed by atoms with Crippen molar-refractivity contribution in [3.63, 3.8) is 0 Å². The molecule has 0 aromatic rings. The molecule has 0 spiro atoms. The Morgan fingerprint density at radius 3 is 0.908 bits per heavy atom. The van der Waals surface area contributed by atoms with Gasteiger partial charge < -0.3 is 14.2 Å². The summed E-state index contributed by atoms with van der Waals surface area (Å²) in [5.41, 5.74) is 0. The molecular formula is C70H124O6. The van der Waals surface area contributed by atoms with E-state index in [4.69, 9.17) is 14.2 Å². The SMILES string of the molecule is CC/C=C\C/C=C\C/C=C\C/C=C\CCC(=O)OCC(COC(=O)CCCCCCCCCCCCCCCCCCCCCCCCCCCC)OC(=O)CCCCCCCCCCC/C=C\C/C=C\CCCCC. The zero-order valence-corrected chi connectivity index (χ0v) is 50.5. The van der Waals surface area contributed by atoms with Gasteiger partial charge in [0.25, 0.3) is 0 Å². The van der Waals surface area contributed by atoms with E-state index in [1.807, 2.05) is 6.08 Å². The highest BCUT2D eigenvalue weighted by atomic mass is 16.6. The van der Waals surface area contributed by atoms with E-state index in [9.17, 15) is 14.4 Å². The van der Waals surface area contributed by atoms with Crippen LogP contribution in [0.1, 0.15) is 335 Å². The van der Waals surface area contributed by atoms with E-state index in [-0.39, 0.29) is 37.5 Å². The molecule has 0 N–H and O–H groups in total. The van der Waals surface area contributed by atoms with E-state index < -0.39 is 6.10 Å². The van der Waals surface area contributed by atoms with E-state index in [1.54, 1.807) is 0 Å². The minimum Gasteiger partial charge on any atom is -0.462 e. The summed E-state index contributed by atoms with van der Waals surface area (Å²) in [7, 11) is 0. The molecule has 0 aliphatic carbocycles. The normalized spacial score (nSPS) is 12.5. The maximum Gasteiger partial charge on any atom is 0.306 e. The predicted octanol–water partition coefficient (Wildman–Crippen LogP) is 22.5. The molecule has 0 fully saturated rings. The molecule has 0 rings (SSSR count). The van der Waals surface area contributed by atoms with Crippen LogP contribution in [0, 0.1) is 0 Å². The average Bonchev–Trinajstić information content (AvgIpc) is 3.42. The number of carbonyl (C=O) groups is 3. The van der Waals surface area contributed by atoms with Gasteiger partial charge in [0.15, 0.2) is 6.10 Å². The van der Waals surface area contributed by atoms with E-state index in [2.05, 4.69) is 87.6 Å². The minimum absolute atomic E-state index is 0.0962. The van der Waals surface area contributed by atoms with Crippen LogP contribution in [0.2, 0.25) is 0 Å². The molecule has 0 aromatic heterocycles. The van der Waals surface area contributed by atoms with E-state index in [0.29, 0.717) is 19.3 Å². The smallest absolute Gasteiger partial charge is 0.306 e. The van der Waals surface area contributed by atoms with Crippen molar-refractivity contribution in [1.29, 1.82) is 0 Å². The number of allylic oxidation sites excluding steroid dienone is 12. The molecule has 440 valence electrons. The van der Waals surface area contributed by atoms with E-state index in [0.717, 1.165) is 70.6 Å². The van der Waals surface area contributed by atoms with Gasteiger partial charge in [-0.05, 0) is 77.0 Å². The minimum atomic E-state index is -0.806. The lowest BCUT2D eigenvalue weighted by atomic mass is 10.0. The van der Waals surface area contributed by atoms with Gasteiger partial charge in [-0.2, -0.15) is 0 Å². The number of hydrogen-bond donors (Lipinski definition) is 0. The first-order valence-electron chi connectivity index (χ1n) is 32.9. The standard InChI is InChI=1S/C70H124O6/c1-4-7-10-13-16-19-22-25-27-29-31-32-33-34-35-36-37-39-40-42-45-48-51-54-57-60-63-69(72)75-66-67(65-74-68(71)62-59-56-53-50-47-44-24-21-18-15-12-9-6-3)76-70(73)64-61-58-55-52-49-46-43-41-38-30-28-26-23-20-17-14-11-8-5-2/h9,12,17-18,20-21,26,28,44,47,53,56,67H,4-8,10-11,13-16,19,22-25,27,29-43,45-46,48-52,54-55,57-66H2,1-3H3/b12-9-,20-17-,21-18-,28-26-,47-44-,56-53-. The Labute approximate surface area is 472 Å². The third-order valence-electron chi connectivity index (χ3n) is 14.5. The second-order valence-electron chi connectivity index (χ2n) is 22.0. The molecule has 0 aliphatic heterocycles. The molecule has 1 atom stereocenters. The molecule has 0 saturated carbocycles. The summed E-state index contributed by atoms with van der Waals surface area (Å²) in [5, 5.41) is 0. The highest BCUT2D eigenvalue weighted by Crippen LogP contribution is 2.18. The van der Waals surface area contributed by atoms with Crippen molar-refractivity contribution in [3.8, 4) is 0 Å². The Hall–Kier alpha value is -3.15. The number of esters is 3. The molecule has 0 saturated heterocycles. The van der Waals surface area contributed by atoms with Crippen molar-refractivity contribution >= 4 is 17.9 Å². The highest BCUT2D eigenvalue weighted by Gasteiger charge is 2.19. The second-order valence-corrected chi connectivity index (χ2v) is 22.0. The first kappa shape index (κ1) is 72.8. The van der Waals surface area contributed by atoms with Crippen LogP contribution in [0.25, 0.3) is 0 Å². The molecule has 0 heterocycles. The van der Waals surface area contributed by atoms with Crippen LogP contribution in [0.5, 0.6) is 0 Å². The zero-order valence-electron chi connectivity index (χ0n) is 50.5. The van der Waals surface area contributed by atoms with Gasteiger partial charge >= 0.3 is 17.9 Å². The van der Waals surface area contributed by atoms with Crippen LogP contribution < -0.4 is 0 Å². The predicted molar refractivity (Wildman–Crippen MR) is 330 cm³/mol. The van der Waals surface area contributed by atoms with Crippen LogP contribution in [-0.4, -0.2) is 37.2 Å². The van der Waals surface area contributed by atoms with Crippen LogP contribution in [0.4, 0.5) is 0 Å². The number of unbranched alkanes of at least 4 members (excludes halogenated alkanes) is 37. The number of rotatable bonds is 60. The van der Waals surface area contributed by atoms with Crippen LogP contribution in [0.15, 0.2) is 72.9 Å². The van der Waals surface area contributed by atoms with Crippen molar-refractivity contribution in [2.45, 2.75) is 341 Å². The molecule has 1 unspecified atom stereocenters. The lowest BCUT2D eigenvalue weighted by Crippen LogP contribution is -2.30. The Morgan fingerprint density at radius 1 is 0.276 bits per heavy atom. The first-order valence-corrected chi connectivity index (χ1v) is 32.9. The number of hydrogen-bond acceptors (Lipinski definition) is 6. The molecule has 0 amide bonds. The third kappa shape index (κ3) is 61.7. The van der Waals surface area contributed by atoms with Gasteiger partial charge in [-0.25, -0.2) is 0 Å². The third-order valence-corrected chi connectivity index (χ3v) is 14.5. The Kier molecular flexibility index (Phi) is 61.7. The van der Waals surface area contributed by atoms with Crippen LogP contribution in [-0.2, 0) is 28.6 Å². The van der Waals surface area contributed by atoms with Crippen molar-refractivity contribution in [1.82, 2.24) is 0 Å². The topological polar surface area (TPSA) is 78.9 Å². The first-order chi connectivity index (χ1) is 37.5. The molecule has 76 heavy (non-hydrogen) atoms. The molecule has 6 heteroatoms. The summed E-state index contributed by atoms with van der Waals surface area (Å²) >= 11 is 0. The fourth-order valence-electron chi connectivity index (χ4n) is 9.55. The van der Waals surface area contributed by atoms with Gasteiger partial charge in [-0.15, -0.1) is 0 Å². The van der Waals surface area contributed by atoms with Crippen LogP contribution in [0.3, 0.4) is 0 Å². The molecule has 0 radical (unpaired) electrons. The Bertz CT molecular complexity index is 1400. The monoisotopic (exact) mass is 1060 g/mol. The fraction of sp³-hybridized carbons (Fsp3) is 0.786. The molecule has 0 aliphatic rings. The molecule has 0 aromatic carbocycles. The van der Waals surface area contributed by atoms with Gasteiger partial charge in [0.2, 0.25) is 0 Å². The van der Waals surface area contributed by atoms with Gasteiger partial charge in [0.1, 0.15) is 13.2 Å². The van der Waals surface area contributed by atoms with Gasteiger partial charge in [-0.1, -0.05) is 312 Å². The van der Waals surface area contributed by atoms with Gasteiger partial charge in [-0.3, -0.25) is 14.4 Å². The van der Waals surface area contributed by atoms with Crippen molar-refractivity contribution < 1.29 is 28.6 Å². The second kappa shape index (κ2) is 64.4. The average molecular weight is 1060 g/mol. The summed E-state index contributed by atoms with van der Waals surface area (Å²) in [6, 6.07) is 0. The number of carbonyl (C=O) groups excluding carboxylic acids is 3. The summed E-state index contributed by atoms with van der Waals surface area (Å²) in [6.07, 6.45) is 83.7. The summed E-state index contributed by atoms with van der Waals surface area (Å²) in [6.45, 7) is 6.48. The maximum absolute atomic E-state index is 12.9. The Morgan fingerprint density at radius 2 is 0.539 bits per heavy atom. The summed E-state index contributed by atoms with van der Waals surface area (Å²) in [5.74, 6) is -0.970. The molecule has 0 bridgehead atoms. The molecule has 6 nitrogen and oxygen atoms in total. The van der Waals surface area contributed by atoms with Gasteiger partial charge in [0, 0.05) is 19.3 Å². The van der Waals surface area contributed by atoms with Crippen molar-refractivity contribution in [3.05, 3.63) is 72.9 Å². The number of ether oxygens (including phenoxy) is 3. The highest BCUT2D eigenvalue weighted by molar-refractivity contribution is 5.71. The fourth-order valence-corrected chi connectivity index (χ4v) is 9.55. The lowest BCUT2D eigenvalue weighted by molar-refractivity contribution is -0.166. The maximum atomic E-state index is 12.9. The van der Waals surface area contributed by atoms with Crippen molar-refractivity contribution in [2.24, 2.45) is 0 Å². The lowest BCUT2D eigenvalue weighted by Gasteiger charge is -2.18. The molecular weight excluding hydrogens is 937 g/mol. The van der Waals surface area contributed by atoms with E-state index in [1.165, 1.54) is 218 Å². The largest absolute Gasteiger partial charge is 0.462 e. The van der Waals surface area contributed by atoms with Crippen molar-refractivity contribution in [2.75, 3.05) is 13.2 Å². The Balaban J connectivity index is 4.28. The zero-order chi connectivity index (χ0) is 55.0. The van der Waals surface area contributed by atoms with Gasteiger partial charge in [0.05, 0.1) is 0 Å². The quantitative estimate of drug-likeness (QED) is 0.0261. The van der Waals surface area contributed by atoms with Crippen LogP contribution >= 0.6 is 0 Å². The summed E-state index contributed by atoms with van der Waals surface area (Å²) in [4.78, 5) is 38.3.